The third-order valence-corrected chi connectivity index (χ3v) is 3.80. The van der Waals surface area contributed by atoms with E-state index in [1.807, 2.05) is 30.5 Å². The highest BCUT2D eigenvalue weighted by Crippen LogP contribution is 2.33. The van der Waals surface area contributed by atoms with Crippen LogP contribution in [0.25, 0.3) is 32.8 Å². The zero-order valence-corrected chi connectivity index (χ0v) is 11.2. The van der Waals surface area contributed by atoms with Crippen molar-refractivity contribution < 1.29 is 10.2 Å². The third kappa shape index (κ3) is 1.91. The van der Waals surface area contributed by atoms with Crippen molar-refractivity contribution >= 4 is 21.7 Å². The van der Waals surface area contributed by atoms with E-state index in [0.717, 1.165) is 32.8 Å². The first-order valence-electron chi connectivity index (χ1n) is 6.74. The minimum atomic E-state index is 0.258. The number of nitrogens with one attached hydrogen (secondary N) is 1. The Morgan fingerprint density at radius 3 is 2.33 bits per heavy atom. The summed E-state index contributed by atoms with van der Waals surface area (Å²) in [6, 6.07) is 16.7. The highest BCUT2D eigenvalue weighted by atomic mass is 16.3. The second-order valence-electron chi connectivity index (χ2n) is 5.18. The van der Waals surface area contributed by atoms with Crippen LogP contribution in [-0.2, 0) is 0 Å². The first kappa shape index (κ1) is 11.9. The monoisotopic (exact) mass is 275 g/mol. The van der Waals surface area contributed by atoms with Crippen LogP contribution in [0, 0.1) is 0 Å². The van der Waals surface area contributed by atoms with Crippen molar-refractivity contribution in [3.63, 3.8) is 0 Å². The van der Waals surface area contributed by atoms with Crippen molar-refractivity contribution in [3.8, 4) is 22.6 Å². The van der Waals surface area contributed by atoms with Crippen LogP contribution < -0.4 is 0 Å². The number of benzene rings is 3. The maximum Gasteiger partial charge on any atom is 0.116 e. The lowest BCUT2D eigenvalue weighted by atomic mass is 10.0. The fourth-order valence-electron chi connectivity index (χ4n) is 2.75. The first-order chi connectivity index (χ1) is 10.2. The van der Waals surface area contributed by atoms with E-state index in [9.17, 15) is 10.2 Å². The number of hydrogen-bond acceptors (Lipinski definition) is 2. The number of aromatic amines is 1. The molecule has 3 aromatic carbocycles. The van der Waals surface area contributed by atoms with Gasteiger partial charge < -0.3 is 15.2 Å². The number of phenols is 2. The van der Waals surface area contributed by atoms with E-state index in [1.54, 1.807) is 24.3 Å². The lowest BCUT2D eigenvalue weighted by Crippen LogP contribution is -1.78. The van der Waals surface area contributed by atoms with Crippen LogP contribution in [0.1, 0.15) is 0 Å². The minimum Gasteiger partial charge on any atom is -0.508 e. The zero-order chi connectivity index (χ0) is 14.4. The number of aromatic hydroxyl groups is 2. The topological polar surface area (TPSA) is 56.2 Å². The minimum absolute atomic E-state index is 0.258. The average Bonchev–Trinajstić information content (AvgIpc) is 2.89. The van der Waals surface area contributed by atoms with E-state index in [-0.39, 0.29) is 11.5 Å². The Hall–Kier alpha value is -2.94. The number of aromatic nitrogens is 1. The molecular weight excluding hydrogens is 262 g/mol. The fourth-order valence-corrected chi connectivity index (χ4v) is 2.75. The average molecular weight is 275 g/mol. The Morgan fingerprint density at radius 2 is 1.43 bits per heavy atom. The van der Waals surface area contributed by atoms with E-state index in [1.165, 1.54) is 0 Å². The van der Waals surface area contributed by atoms with Crippen LogP contribution in [0.4, 0.5) is 0 Å². The molecule has 0 amide bonds. The molecule has 4 rings (SSSR count). The molecule has 0 bridgehead atoms. The standard InChI is InChI=1S/C18H13NO2/c20-14-4-3-11-7-13(2-1-12(11)8-14)17-10-19-18-6-5-15(21)9-16(17)18/h1-10,19-21H. The molecule has 0 atom stereocenters. The summed E-state index contributed by atoms with van der Waals surface area (Å²) in [7, 11) is 0. The van der Waals surface area contributed by atoms with Gasteiger partial charge >= 0.3 is 0 Å². The van der Waals surface area contributed by atoms with Crippen molar-refractivity contribution in [3.05, 3.63) is 60.8 Å². The van der Waals surface area contributed by atoms with Crippen molar-refractivity contribution in [2.24, 2.45) is 0 Å². The summed E-state index contributed by atoms with van der Waals surface area (Å²) in [5.41, 5.74) is 3.12. The van der Waals surface area contributed by atoms with Gasteiger partial charge in [-0.05, 0) is 52.7 Å². The van der Waals surface area contributed by atoms with Crippen LogP contribution in [0.2, 0.25) is 0 Å². The smallest absolute Gasteiger partial charge is 0.116 e. The molecule has 0 saturated carbocycles. The van der Waals surface area contributed by atoms with Crippen LogP contribution in [0.15, 0.2) is 60.8 Å². The van der Waals surface area contributed by atoms with Gasteiger partial charge in [0.1, 0.15) is 11.5 Å². The van der Waals surface area contributed by atoms with Gasteiger partial charge in [0.2, 0.25) is 0 Å². The van der Waals surface area contributed by atoms with Gasteiger partial charge in [0, 0.05) is 22.7 Å². The molecule has 0 saturated heterocycles. The van der Waals surface area contributed by atoms with E-state index in [4.69, 9.17) is 0 Å². The SMILES string of the molecule is Oc1ccc2cc(-c3c[nH]c4ccc(O)cc34)ccc2c1. The summed E-state index contributed by atoms with van der Waals surface area (Å²) in [5.74, 6) is 0.529. The Balaban J connectivity index is 1.95. The molecule has 4 aromatic rings. The molecule has 3 nitrogen and oxygen atoms in total. The number of rotatable bonds is 1. The molecular formula is C18H13NO2. The van der Waals surface area contributed by atoms with E-state index >= 15 is 0 Å². The number of hydrogen-bond donors (Lipinski definition) is 3. The highest BCUT2D eigenvalue weighted by Gasteiger charge is 2.07. The highest BCUT2D eigenvalue weighted by molar-refractivity contribution is 5.98. The molecule has 0 aliphatic carbocycles. The molecule has 102 valence electrons. The Kier molecular flexibility index (Phi) is 2.42. The van der Waals surface area contributed by atoms with Crippen LogP contribution >= 0.6 is 0 Å². The summed E-state index contributed by atoms with van der Waals surface area (Å²) in [6.07, 6.45) is 1.95. The molecule has 0 spiro atoms. The van der Waals surface area contributed by atoms with Gasteiger partial charge in [-0.3, -0.25) is 0 Å². The van der Waals surface area contributed by atoms with E-state index in [2.05, 4.69) is 11.1 Å². The Labute approximate surface area is 121 Å². The summed E-state index contributed by atoms with van der Waals surface area (Å²) >= 11 is 0. The van der Waals surface area contributed by atoms with Crippen molar-refractivity contribution in [2.45, 2.75) is 0 Å². The summed E-state index contributed by atoms with van der Waals surface area (Å²) in [4.78, 5) is 3.22. The number of phenolic OH excluding ortho intramolecular Hbond substituents is 2. The van der Waals surface area contributed by atoms with Gasteiger partial charge in [0.25, 0.3) is 0 Å². The van der Waals surface area contributed by atoms with Crippen LogP contribution in [0.5, 0.6) is 11.5 Å². The third-order valence-electron chi connectivity index (χ3n) is 3.80. The predicted octanol–water partition coefficient (Wildman–Crippen LogP) is 4.40. The second kappa shape index (κ2) is 4.28. The van der Waals surface area contributed by atoms with Gasteiger partial charge in [0.15, 0.2) is 0 Å². The lowest BCUT2D eigenvalue weighted by Gasteiger charge is -2.04. The largest absolute Gasteiger partial charge is 0.508 e. The fraction of sp³-hybridized carbons (Fsp3) is 0. The molecule has 3 heteroatoms. The van der Waals surface area contributed by atoms with Crippen molar-refractivity contribution in [1.82, 2.24) is 4.98 Å². The van der Waals surface area contributed by atoms with Gasteiger partial charge in [0.05, 0.1) is 0 Å². The molecule has 0 unspecified atom stereocenters. The van der Waals surface area contributed by atoms with Crippen molar-refractivity contribution in [2.75, 3.05) is 0 Å². The maximum atomic E-state index is 9.68. The summed E-state index contributed by atoms with van der Waals surface area (Å²) in [5, 5.41) is 22.3. The van der Waals surface area contributed by atoms with Gasteiger partial charge in [-0.1, -0.05) is 18.2 Å². The van der Waals surface area contributed by atoms with Crippen LogP contribution in [0.3, 0.4) is 0 Å². The van der Waals surface area contributed by atoms with Gasteiger partial charge in [-0.25, -0.2) is 0 Å². The molecule has 0 aliphatic rings. The van der Waals surface area contributed by atoms with Crippen molar-refractivity contribution in [1.29, 1.82) is 0 Å². The first-order valence-corrected chi connectivity index (χ1v) is 6.74. The second-order valence-corrected chi connectivity index (χ2v) is 5.18. The quantitative estimate of drug-likeness (QED) is 0.482. The normalized spacial score (nSPS) is 11.2. The predicted molar refractivity (Wildman–Crippen MR) is 84.6 cm³/mol. The lowest BCUT2D eigenvalue weighted by molar-refractivity contribution is 0.475. The van der Waals surface area contributed by atoms with E-state index < -0.39 is 0 Å². The maximum absolute atomic E-state index is 9.68. The molecule has 1 aromatic heterocycles. The van der Waals surface area contributed by atoms with Crippen LogP contribution in [-0.4, -0.2) is 15.2 Å². The zero-order valence-electron chi connectivity index (χ0n) is 11.2. The summed E-state index contributed by atoms with van der Waals surface area (Å²) < 4.78 is 0. The molecule has 0 aliphatic heterocycles. The molecule has 21 heavy (non-hydrogen) atoms. The van der Waals surface area contributed by atoms with Gasteiger partial charge in [-0.15, -0.1) is 0 Å². The summed E-state index contributed by atoms with van der Waals surface area (Å²) in [6.45, 7) is 0. The molecule has 3 N–H and O–H groups in total. The molecule has 0 fully saturated rings. The number of fused-ring (bicyclic) bond motifs is 2. The molecule has 1 heterocycles. The molecule has 0 radical (unpaired) electrons. The Bertz CT molecular complexity index is 969. The van der Waals surface area contributed by atoms with Gasteiger partial charge in [-0.2, -0.15) is 0 Å². The van der Waals surface area contributed by atoms with E-state index in [0.29, 0.717) is 0 Å². The Morgan fingerprint density at radius 1 is 0.714 bits per heavy atom. The number of H-pyrrole nitrogens is 1.